The van der Waals surface area contributed by atoms with Crippen molar-refractivity contribution in [1.82, 2.24) is 14.7 Å². The molecular formula is C15H18N4O. The fourth-order valence-electron chi connectivity index (χ4n) is 2.53. The number of hydrogen-bond donors (Lipinski definition) is 1. The molecule has 1 aromatic heterocycles. The molecule has 0 unspecified atom stereocenters. The van der Waals surface area contributed by atoms with Gasteiger partial charge in [0.15, 0.2) is 0 Å². The highest BCUT2D eigenvalue weighted by Crippen LogP contribution is 2.17. The van der Waals surface area contributed by atoms with Crippen molar-refractivity contribution in [2.45, 2.75) is 19.4 Å². The number of likely N-dealkylation sites (tertiary alicyclic amines) is 1. The van der Waals surface area contributed by atoms with Crippen LogP contribution in [0.4, 0.5) is 0 Å². The molecule has 2 N–H and O–H groups in total. The van der Waals surface area contributed by atoms with Crippen LogP contribution in [0.15, 0.2) is 36.5 Å². The van der Waals surface area contributed by atoms with Crippen molar-refractivity contribution in [1.29, 1.82) is 0 Å². The molecule has 1 saturated heterocycles. The van der Waals surface area contributed by atoms with Crippen molar-refractivity contribution in [2.24, 2.45) is 5.73 Å². The Labute approximate surface area is 118 Å². The number of aryl methyl sites for hydroxylation is 1. The van der Waals surface area contributed by atoms with Crippen LogP contribution >= 0.6 is 0 Å². The topological polar surface area (TPSA) is 64.2 Å². The Hall–Kier alpha value is -2.14. The lowest BCUT2D eigenvalue weighted by molar-refractivity contribution is 0.0790. The molecule has 3 rings (SSSR count). The fraction of sp³-hybridized carbons (Fsp3) is 0.333. The predicted molar refractivity (Wildman–Crippen MR) is 76.8 cm³/mol. The highest BCUT2D eigenvalue weighted by Gasteiger charge is 2.26. The third kappa shape index (κ3) is 2.32. The lowest BCUT2D eigenvalue weighted by Gasteiger charge is -2.14. The monoisotopic (exact) mass is 270 g/mol. The summed E-state index contributed by atoms with van der Waals surface area (Å²) in [6.07, 6.45) is 2.68. The number of carbonyl (C=O) groups excluding carboxylic acids is 1. The number of amides is 1. The van der Waals surface area contributed by atoms with E-state index in [0.29, 0.717) is 12.1 Å². The molecule has 1 fully saturated rings. The maximum absolute atomic E-state index is 12.5. The minimum atomic E-state index is 0.0256. The second-order valence-electron chi connectivity index (χ2n) is 5.21. The Morgan fingerprint density at radius 2 is 2.10 bits per heavy atom. The standard InChI is InChI=1S/C15H18N4O/c1-11-14(15(20)18-8-7-12(16)9-18)10-19(17-11)13-5-3-2-4-6-13/h2-6,10,12H,7-9,16H2,1H3/t12-/m1/s1. The minimum absolute atomic E-state index is 0.0256. The van der Waals surface area contributed by atoms with Gasteiger partial charge >= 0.3 is 0 Å². The molecular weight excluding hydrogens is 252 g/mol. The van der Waals surface area contributed by atoms with Gasteiger partial charge in [-0.25, -0.2) is 4.68 Å². The van der Waals surface area contributed by atoms with E-state index in [4.69, 9.17) is 5.73 Å². The molecule has 1 aliphatic heterocycles. The molecule has 0 saturated carbocycles. The van der Waals surface area contributed by atoms with Crippen LogP contribution in [0.1, 0.15) is 22.5 Å². The smallest absolute Gasteiger partial charge is 0.257 e. The van der Waals surface area contributed by atoms with Gasteiger partial charge in [-0.3, -0.25) is 4.79 Å². The average Bonchev–Trinajstić information content (AvgIpc) is 3.05. The number of aromatic nitrogens is 2. The summed E-state index contributed by atoms with van der Waals surface area (Å²) >= 11 is 0. The molecule has 0 radical (unpaired) electrons. The lowest BCUT2D eigenvalue weighted by atomic mass is 10.2. The summed E-state index contributed by atoms with van der Waals surface area (Å²) < 4.78 is 1.75. The molecule has 104 valence electrons. The molecule has 1 atom stereocenters. The number of nitrogens with two attached hydrogens (primary N) is 1. The zero-order valence-electron chi connectivity index (χ0n) is 11.5. The molecule has 0 aliphatic carbocycles. The first-order valence-electron chi connectivity index (χ1n) is 6.81. The number of rotatable bonds is 2. The van der Waals surface area contributed by atoms with Gasteiger partial charge in [-0.15, -0.1) is 0 Å². The fourth-order valence-corrected chi connectivity index (χ4v) is 2.53. The van der Waals surface area contributed by atoms with E-state index in [1.807, 2.05) is 42.2 Å². The first-order valence-corrected chi connectivity index (χ1v) is 6.81. The van der Waals surface area contributed by atoms with Crippen LogP contribution in [-0.4, -0.2) is 39.7 Å². The van der Waals surface area contributed by atoms with Crippen LogP contribution in [0.3, 0.4) is 0 Å². The molecule has 2 heterocycles. The number of benzene rings is 1. The zero-order chi connectivity index (χ0) is 14.1. The van der Waals surface area contributed by atoms with E-state index in [-0.39, 0.29) is 11.9 Å². The average molecular weight is 270 g/mol. The van der Waals surface area contributed by atoms with Crippen molar-refractivity contribution in [3.8, 4) is 5.69 Å². The van der Waals surface area contributed by atoms with Gasteiger partial charge in [0.05, 0.1) is 16.9 Å². The van der Waals surface area contributed by atoms with Gasteiger partial charge < -0.3 is 10.6 Å². The first kappa shape index (κ1) is 12.9. The van der Waals surface area contributed by atoms with Crippen molar-refractivity contribution in [3.63, 3.8) is 0 Å². The van der Waals surface area contributed by atoms with Crippen LogP contribution < -0.4 is 5.73 Å². The Kier molecular flexibility index (Phi) is 3.28. The van der Waals surface area contributed by atoms with Crippen LogP contribution in [0.2, 0.25) is 0 Å². The second-order valence-corrected chi connectivity index (χ2v) is 5.21. The van der Waals surface area contributed by atoms with Crippen molar-refractivity contribution >= 4 is 5.91 Å². The van der Waals surface area contributed by atoms with Crippen LogP contribution in [-0.2, 0) is 0 Å². The zero-order valence-corrected chi connectivity index (χ0v) is 11.5. The van der Waals surface area contributed by atoms with Crippen molar-refractivity contribution < 1.29 is 4.79 Å². The van der Waals surface area contributed by atoms with Gasteiger partial charge in [-0.05, 0) is 25.5 Å². The van der Waals surface area contributed by atoms with Gasteiger partial charge in [0.1, 0.15) is 0 Å². The van der Waals surface area contributed by atoms with Crippen LogP contribution in [0.25, 0.3) is 5.69 Å². The molecule has 1 aromatic carbocycles. The predicted octanol–water partition coefficient (Wildman–Crippen LogP) is 1.35. The number of para-hydroxylation sites is 1. The normalized spacial score (nSPS) is 18.5. The Bertz CT molecular complexity index is 620. The minimum Gasteiger partial charge on any atom is -0.337 e. The molecule has 20 heavy (non-hydrogen) atoms. The Morgan fingerprint density at radius 3 is 2.75 bits per heavy atom. The summed E-state index contributed by atoms with van der Waals surface area (Å²) in [4.78, 5) is 14.3. The summed E-state index contributed by atoms with van der Waals surface area (Å²) in [7, 11) is 0. The van der Waals surface area contributed by atoms with E-state index in [1.54, 1.807) is 10.9 Å². The molecule has 5 heteroatoms. The molecule has 0 spiro atoms. The van der Waals surface area contributed by atoms with Crippen LogP contribution in [0, 0.1) is 6.92 Å². The summed E-state index contributed by atoms with van der Waals surface area (Å²) in [5, 5.41) is 4.43. The third-order valence-electron chi connectivity index (χ3n) is 3.66. The van der Waals surface area contributed by atoms with Crippen molar-refractivity contribution in [2.75, 3.05) is 13.1 Å². The highest BCUT2D eigenvalue weighted by molar-refractivity contribution is 5.95. The Balaban J connectivity index is 1.88. The second kappa shape index (κ2) is 5.09. The highest BCUT2D eigenvalue weighted by atomic mass is 16.2. The summed E-state index contributed by atoms with van der Waals surface area (Å²) in [5.74, 6) is 0.0256. The first-order chi connectivity index (χ1) is 9.65. The summed E-state index contributed by atoms with van der Waals surface area (Å²) in [5.41, 5.74) is 8.22. The van der Waals surface area contributed by atoms with E-state index in [0.717, 1.165) is 24.3 Å². The van der Waals surface area contributed by atoms with Gasteiger partial charge in [-0.2, -0.15) is 5.10 Å². The molecule has 1 aliphatic rings. The van der Waals surface area contributed by atoms with E-state index in [1.165, 1.54) is 0 Å². The largest absolute Gasteiger partial charge is 0.337 e. The molecule has 2 aromatic rings. The summed E-state index contributed by atoms with van der Waals surface area (Å²) in [6.45, 7) is 3.23. The van der Waals surface area contributed by atoms with E-state index < -0.39 is 0 Å². The van der Waals surface area contributed by atoms with Gasteiger partial charge in [0.25, 0.3) is 5.91 Å². The van der Waals surface area contributed by atoms with E-state index >= 15 is 0 Å². The lowest BCUT2D eigenvalue weighted by Crippen LogP contribution is -2.32. The van der Waals surface area contributed by atoms with E-state index in [9.17, 15) is 4.79 Å². The molecule has 0 bridgehead atoms. The molecule has 1 amide bonds. The van der Waals surface area contributed by atoms with Gasteiger partial charge in [-0.1, -0.05) is 18.2 Å². The van der Waals surface area contributed by atoms with Gasteiger partial charge in [0, 0.05) is 25.3 Å². The number of hydrogen-bond acceptors (Lipinski definition) is 3. The van der Waals surface area contributed by atoms with Crippen LogP contribution in [0.5, 0.6) is 0 Å². The molecule has 5 nitrogen and oxygen atoms in total. The maximum Gasteiger partial charge on any atom is 0.257 e. The van der Waals surface area contributed by atoms with E-state index in [2.05, 4.69) is 5.10 Å². The quantitative estimate of drug-likeness (QED) is 0.896. The van der Waals surface area contributed by atoms with Crippen molar-refractivity contribution in [3.05, 3.63) is 47.8 Å². The number of carbonyl (C=O) groups is 1. The third-order valence-corrected chi connectivity index (χ3v) is 3.66. The Morgan fingerprint density at radius 1 is 1.35 bits per heavy atom. The van der Waals surface area contributed by atoms with Gasteiger partial charge in [0.2, 0.25) is 0 Å². The summed E-state index contributed by atoms with van der Waals surface area (Å²) in [6, 6.07) is 9.89. The SMILES string of the molecule is Cc1nn(-c2ccccc2)cc1C(=O)N1CC[C@@H](N)C1. The number of nitrogens with zero attached hydrogens (tertiary/aromatic N) is 3. The maximum atomic E-state index is 12.5.